The molecule has 3 aromatic carbocycles. The van der Waals surface area contributed by atoms with Gasteiger partial charge in [0.1, 0.15) is 17.2 Å². The van der Waals surface area contributed by atoms with Crippen LogP contribution in [0, 0.1) is 0 Å². The molecule has 5 rings (SSSR count). The number of amides is 1. The SMILES string of the molecule is Cn1nc(-c2ccccc2Oc2ccccc2)c(-c2ccc(C(=O)N3CCCC3)cc2)cc1=O. The van der Waals surface area contributed by atoms with Gasteiger partial charge in [0.2, 0.25) is 0 Å². The molecule has 0 saturated carbocycles. The Morgan fingerprint density at radius 3 is 2.26 bits per heavy atom. The van der Waals surface area contributed by atoms with Gasteiger partial charge in [0.25, 0.3) is 11.5 Å². The van der Waals surface area contributed by atoms with Gasteiger partial charge in [0, 0.05) is 42.9 Å². The summed E-state index contributed by atoms with van der Waals surface area (Å²) in [4.78, 5) is 27.2. The van der Waals surface area contributed by atoms with Gasteiger partial charge >= 0.3 is 0 Å². The predicted octanol–water partition coefficient (Wildman–Crippen LogP) is 5.14. The second kappa shape index (κ2) is 9.35. The summed E-state index contributed by atoms with van der Waals surface area (Å²) < 4.78 is 7.48. The van der Waals surface area contributed by atoms with Crippen molar-refractivity contribution in [2.24, 2.45) is 7.05 Å². The van der Waals surface area contributed by atoms with E-state index in [1.54, 1.807) is 13.1 Å². The van der Waals surface area contributed by atoms with Crippen molar-refractivity contribution < 1.29 is 9.53 Å². The number of hydrogen-bond donors (Lipinski definition) is 0. The first kappa shape index (κ1) is 21.6. The number of carbonyl (C=O) groups excluding carboxylic acids is 1. The van der Waals surface area contributed by atoms with E-state index in [2.05, 4.69) is 5.10 Å². The molecule has 0 radical (unpaired) electrons. The Morgan fingerprint density at radius 2 is 1.53 bits per heavy atom. The Labute approximate surface area is 198 Å². The average Bonchev–Trinajstić information content (AvgIpc) is 3.41. The first-order valence-electron chi connectivity index (χ1n) is 11.4. The number of hydrogen-bond acceptors (Lipinski definition) is 4. The third kappa shape index (κ3) is 4.35. The number of ether oxygens (including phenoxy) is 1. The standard InChI is InChI=1S/C28H25N3O3/c1-30-26(32)19-24(20-13-15-21(16-14-20)28(33)31-17-7-8-18-31)27(29-30)23-11-5-6-12-25(23)34-22-9-3-2-4-10-22/h2-6,9-16,19H,7-8,17-18H2,1H3. The van der Waals surface area contributed by atoms with Crippen molar-refractivity contribution in [1.29, 1.82) is 0 Å². The van der Waals surface area contributed by atoms with E-state index in [9.17, 15) is 9.59 Å². The van der Waals surface area contributed by atoms with Gasteiger partial charge in [-0.15, -0.1) is 0 Å². The van der Waals surface area contributed by atoms with Crippen LogP contribution < -0.4 is 10.3 Å². The van der Waals surface area contributed by atoms with Crippen molar-refractivity contribution in [3.63, 3.8) is 0 Å². The molecule has 1 aliphatic rings. The van der Waals surface area contributed by atoms with Crippen LogP contribution in [0.4, 0.5) is 0 Å². The van der Waals surface area contributed by atoms with E-state index in [4.69, 9.17) is 4.74 Å². The van der Waals surface area contributed by atoms with E-state index in [1.165, 1.54) is 4.68 Å². The molecule has 0 N–H and O–H groups in total. The van der Waals surface area contributed by atoms with Gasteiger partial charge < -0.3 is 9.64 Å². The zero-order chi connectivity index (χ0) is 23.5. The second-order valence-corrected chi connectivity index (χ2v) is 8.36. The van der Waals surface area contributed by atoms with E-state index in [0.29, 0.717) is 28.3 Å². The molecule has 0 unspecified atom stereocenters. The quantitative estimate of drug-likeness (QED) is 0.421. The molecule has 0 aliphatic carbocycles. The summed E-state index contributed by atoms with van der Waals surface area (Å²) in [7, 11) is 1.63. The Bertz CT molecular complexity index is 1370. The number of benzene rings is 3. The highest BCUT2D eigenvalue weighted by Gasteiger charge is 2.20. The van der Waals surface area contributed by atoms with Crippen LogP contribution in [0.25, 0.3) is 22.4 Å². The van der Waals surface area contributed by atoms with Crippen molar-refractivity contribution in [1.82, 2.24) is 14.7 Å². The molecule has 6 nitrogen and oxygen atoms in total. The molecular weight excluding hydrogens is 426 g/mol. The number of para-hydroxylation sites is 2. The Morgan fingerprint density at radius 1 is 0.853 bits per heavy atom. The lowest BCUT2D eigenvalue weighted by molar-refractivity contribution is 0.0793. The fraction of sp³-hybridized carbons (Fsp3) is 0.179. The molecule has 6 heteroatoms. The minimum atomic E-state index is -0.211. The molecule has 1 aromatic heterocycles. The summed E-state index contributed by atoms with van der Waals surface area (Å²) in [6.07, 6.45) is 2.10. The van der Waals surface area contributed by atoms with Crippen molar-refractivity contribution in [3.8, 4) is 33.9 Å². The van der Waals surface area contributed by atoms with E-state index < -0.39 is 0 Å². The Hall–Kier alpha value is -4.19. The molecule has 0 spiro atoms. The molecule has 1 aliphatic heterocycles. The Kier molecular flexibility index (Phi) is 5.95. The van der Waals surface area contributed by atoms with Crippen LogP contribution in [0.5, 0.6) is 11.5 Å². The van der Waals surface area contributed by atoms with Crippen LogP contribution in [0.15, 0.2) is 89.7 Å². The smallest absolute Gasteiger partial charge is 0.267 e. The molecule has 0 atom stereocenters. The number of likely N-dealkylation sites (tertiary alicyclic amines) is 1. The van der Waals surface area contributed by atoms with E-state index in [1.807, 2.05) is 83.8 Å². The molecule has 1 fully saturated rings. The van der Waals surface area contributed by atoms with Crippen molar-refractivity contribution in [2.75, 3.05) is 13.1 Å². The maximum absolute atomic E-state index is 12.7. The van der Waals surface area contributed by atoms with Crippen LogP contribution in [0.1, 0.15) is 23.2 Å². The maximum Gasteiger partial charge on any atom is 0.267 e. The highest BCUT2D eigenvalue weighted by Crippen LogP contribution is 2.37. The number of nitrogens with zero attached hydrogens (tertiary/aromatic N) is 3. The van der Waals surface area contributed by atoms with Gasteiger partial charge in [-0.05, 0) is 54.8 Å². The summed E-state index contributed by atoms with van der Waals surface area (Å²) in [5.74, 6) is 1.40. The number of aryl methyl sites for hydroxylation is 1. The summed E-state index contributed by atoms with van der Waals surface area (Å²) >= 11 is 0. The van der Waals surface area contributed by atoms with E-state index in [-0.39, 0.29) is 11.5 Å². The third-order valence-corrected chi connectivity index (χ3v) is 6.04. The molecule has 1 amide bonds. The van der Waals surface area contributed by atoms with Crippen LogP contribution in [-0.2, 0) is 7.05 Å². The second-order valence-electron chi connectivity index (χ2n) is 8.36. The largest absolute Gasteiger partial charge is 0.457 e. The predicted molar refractivity (Wildman–Crippen MR) is 132 cm³/mol. The third-order valence-electron chi connectivity index (χ3n) is 6.04. The topological polar surface area (TPSA) is 64.4 Å². The van der Waals surface area contributed by atoms with Crippen LogP contribution >= 0.6 is 0 Å². The zero-order valence-electron chi connectivity index (χ0n) is 19.0. The zero-order valence-corrected chi connectivity index (χ0v) is 19.0. The molecule has 0 bridgehead atoms. The maximum atomic E-state index is 12.7. The number of rotatable bonds is 5. The van der Waals surface area contributed by atoms with Crippen LogP contribution in [0.2, 0.25) is 0 Å². The minimum Gasteiger partial charge on any atom is -0.457 e. The van der Waals surface area contributed by atoms with Crippen molar-refractivity contribution >= 4 is 5.91 Å². The van der Waals surface area contributed by atoms with Gasteiger partial charge in [-0.25, -0.2) is 4.68 Å². The molecule has 170 valence electrons. The lowest BCUT2D eigenvalue weighted by Crippen LogP contribution is -2.27. The summed E-state index contributed by atoms with van der Waals surface area (Å²) in [6.45, 7) is 1.61. The summed E-state index contributed by atoms with van der Waals surface area (Å²) in [6, 6.07) is 26.2. The lowest BCUT2D eigenvalue weighted by atomic mass is 9.98. The molecule has 2 heterocycles. The average molecular weight is 452 g/mol. The van der Waals surface area contributed by atoms with Gasteiger partial charge in [-0.3, -0.25) is 9.59 Å². The van der Waals surface area contributed by atoms with E-state index >= 15 is 0 Å². The van der Waals surface area contributed by atoms with Crippen molar-refractivity contribution in [2.45, 2.75) is 12.8 Å². The monoisotopic (exact) mass is 451 g/mol. The molecule has 1 saturated heterocycles. The first-order chi connectivity index (χ1) is 16.6. The molecule has 34 heavy (non-hydrogen) atoms. The lowest BCUT2D eigenvalue weighted by Gasteiger charge is -2.16. The molecule has 4 aromatic rings. The Balaban J connectivity index is 1.55. The minimum absolute atomic E-state index is 0.0491. The van der Waals surface area contributed by atoms with E-state index in [0.717, 1.165) is 37.1 Å². The van der Waals surface area contributed by atoms with Gasteiger partial charge in [0.15, 0.2) is 0 Å². The fourth-order valence-electron chi connectivity index (χ4n) is 4.22. The van der Waals surface area contributed by atoms with Gasteiger partial charge in [0.05, 0.1) is 0 Å². The normalized spacial score (nSPS) is 13.1. The first-order valence-corrected chi connectivity index (χ1v) is 11.4. The van der Waals surface area contributed by atoms with Gasteiger partial charge in [-0.2, -0.15) is 5.10 Å². The highest BCUT2D eigenvalue weighted by molar-refractivity contribution is 5.95. The van der Waals surface area contributed by atoms with Crippen molar-refractivity contribution in [3.05, 3.63) is 101 Å². The van der Waals surface area contributed by atoms with Crippen LogP contribution in [-0.4, -0.2) is 33.7 Å². The summed E-state index contributed by atoms with van der Waals surface area (Å²) in [5.41, 5.74) is 3.34. The molecular formula is C28H25N3O3. The summed E-state index contributed by atoms with van der Waals surface area (Å²) in [5, 5.41) is 4.59. The van der Waals surface area contributed by atoms with Crippen LogP contribution in [0.3, 0.4) is 0 Å². The highest BCUT2D eigenvalue weighted by atomic mass is 16.5. The number of carbonyl (C=O) groups is 1. The number of aromatic nitrogens is 2. The fourth-order valence-corrected chi connectivity index (χ4v) is 4.22. The van der Waals surface area contributed by atoms with Gasteiger partial charge in [-0.1, -0.05) is 42.5 Å².